The maximum absolute atomic E-state index is 3.53. The summed E-state index contributed by atoms with van der Waals surface area (Å²) >= 11 is -0.347. The van der Waals surface area contributed by atoms with Gasteiger partial charge in [0.2, 0.25) is 0 Å². The van der Waals surface area contributed by atoms with Crippen molar-refractivity contribution in [1.82, 2.24) is 20.4 Å². The van der Waals surface area contributed by atoms with E-state index >= 15 is 0 Å². The molecule has 2 fully saturated rings. The van der Waals surface area contributed by atoms with Gasteiger partial charge in [-0.05, 0) is 0 Å². The van der Waals surface area contributed by atoms with Crippen molar-refractivity contribution in [1.29, 1.82) is 0 Å². The van der Waals surface area contributed by atoms with Crippen LogP contribution < -0.4 is 10.6 Å². The fraction of sp³-hybridized carbons (Fsp3) is 1.00. The van der Waals surface area contributed by atoms with E-state index in [0.29, 0.717) is 0 Å². The fourth-order valence-electron chi connectivity index (χ4n) is 2.21. The normalized spacial score (nSPS) is 35.6. The van der Waals surface area contributed by atoms with Crippen LogP contribution >= 0.6 is 0 Å². The van der Waals surface area contributed by atoms with E-state index in [-0.39, 0.29) is 21.1 Å². The molecule has 86 valence electrons. The van der Waals surface area contributed by atoms with E-state index in [9.17, 15) is 0 Å². The van der Waals surface area contributed by atoms with Gasteiger partial charge in [-0.1, -0.05) is 0 Å². The summed E-state index contributed by atoms with van der Waals surface area (Å²) < 4.78 is 1.77. The molecule has 0 aliphatic carbocycles. The van der Waals surface area contributed by atoms with Gasteiger partial charge in [0.05, 0.1) is 0 Å². The maximum atomic E-state index is 3.53. The zero-order valence-electron chi connectivity index (χ0n) is 9.79. The van der Waals surface area contributed by atoms with Crippen LogP contribution in [0.1, 0.15) is 0 Å². The van der Waals surface area contributed by atoms with E-state index in [0.717, 1.165) is 8.12 Å². The van der Waals surface area contributed by atoms with Gasteiger partial charge in [0.15, 0.2) is 0 Å². The van der Waals surface area contributed by atoms with Crippen LogP contribution in [0, 0.1) is 0 Å². The van der Waals surface area contributed by atoms with Crippen molar-refractivity contribution in [3.63, 3.8) is 0 Å². The Morgan fingerprint density at radius 2 is 1.40 bits per heavy atom. The zero-order valence-corrected chi connectivity index (χ0v) is 12.6. The third-order valence-corrected chi connectivity index (χ3v) is 9.28. The van der Waals surface area contributed by atoms with Gasteiger partial charge in [-0.2, -0.15) is 0 Å². The van der Waals surface area contributed by atoms with Gasteiger partial charge in [-0.3, -0.25) is 0 Å². The molecule has 0 spiro atoms. The van der Waals surface area contributed by atoms with Gasteiger partial charge in [0.25, 0.3) is 0 Å². The first-order valence-electron chi connectivity index (χ1n) is 5.85. The summed E-state index contributed by atoms with van der Waals surface area (Å²) in [4.78, 5) is 5.15. The van der Waals surface area contributed by atoms with Crippen LogP contribution in [0.3, 0.4) is 0 Å². The van der Waals surface area contributed by atoms with Crippen molar-refractivity contribution in [3.8, 4) is 0 Å². The molecule has 0 bridgehead atoms. The topological polar surface area (TPSA) is 30.5 Å². The number of nitrogens with one attached hydrogen (secondary N) is 2. The van der Waals surface area contributed by atoms with Gasteiger partial charge in [-0.25, -0.2) is 0 Å². The molecule has 0 amide bonds. The molecule has 2 saturated heterocycles. The Kier molecular flexibility index (Phi) is 4.69. The number of hydrogen-bond acceptors (Lipinski definition) is 4. The third kappa shape index (κ3) is 3.30. The molecule has 2 radical (unpaired) electrons. The Morgan fingerprint density at radius 1 is 0.933 bits per heavy atom. The van der Waals surface area contributed by atoms with E-state index in [1.807, 2.05) is 0 Å². The quantitative estimate of drug-likeness (QED) is 0.602. The molecule has 0 aromatic rings. The van der Waals surface area contributed by atoms with Crippen molar-refractivity contribution in [3.05, 3.63) is 0 Å². The molecule has 2 N–H and O–H groups in total. The van der Waals surface area contributed by atoms with Crippen LogP contribution in [0.5, 0.6) is 0 Å². The molecule has 2 heterocycles. The number of rotatable bonds is 2. The second kappa shape index (κ2) is 5.82. The molecule has 4 nitrogen and oxygen atoms in total. The van der Waals surface area contributed by atoms with Crippen LogP contribution in [0.2, 0.25) is 0 Å². The zero-order chi connectivity index (χ0) is 10.7. The molecule has 0 aromatic carbocycles. The minimum atomic E-state index is -0.347. The summed E-state index contributed by atoms with van der Waals surface area (Å²) in [5.74, 6) is 0. The van der Waals surface area contributed by atoms with Crippen molar-refractivity contribution < 1.29 is 0 Å². The molecule has 2 aliphatic heterocycles. The van der Waals surface area contributed by atoms with Gasteiger partial charge >= 0.3 is 103 Å². The molecule has 0 saturated carbocycles. The summed E-state index contributed by atoms with van der Waals surface area (Å²) in [5.41, 5.74) is 0. The number of hydrogen-bond donors (Lipinski definition) is 2. The van der Waals surface area contributed by atoms with Gasteiger partial charge in [0, 0.05) is 0 Å². The van der Waals surface area contributed by atoms with Crippen LogP contribution in [-0.4, -0.2) is 92.4 Å². The molecule has 2 atom stereocenters. The molecule has 5 heteroatoms. The van der Waals surface area contributed by atoms with E-state index in [1.165, 1.54) is 39.3 Å². The summed E-state index contributed by atoms with van der Waals surface area (Å²) in [5, 5.41) is 7.06. The summed E-state index contributed by atoms with van der Waals surface area (Å²) in [6, 6.07) is 0. The molecule has 15 heavy (non-hydrogen) atoms. The van der Waals surface area contributed by atoms with Crippen LogP contribution in [-0.2, 0) is 0 Å². The monoisotopic (exact) mass is 318 g/mol. The second-order valence-electron chi connectivity index (χ2n) is 4.57. The second-order valence-corrected chi connectivity index (χ2v) is 9.32. The first-order valence-corrected chi connectivity index (χ1v) is 9.15. The van der Waals surface area contributed by atoms with Gasteiger partial charge in [0.1, 0.15) is 0 Å². The van der Waals surface area contributed by atoms with Crippen molar-refractivity contribution >= 4 is 21.1 Å². The van der Waals surface area contributed by atoms with E-state index in [2.05, 4.69) is 34.5 Å². The molecular formula is C10H22N4Sn. The predicted octanol–water partition coefficient (Wildman–Crippen LogP) is -1.59. The van der Waals surface area contributed by atoms with Gasteiger partial charge < -0.3 is 0 Å². The summed E-state index contributed by atoms with van der Waals surface area (Å²) in [6.45, 7) is 7.26. The Labute approximate surface area is 103 Å². The number of likely N-dealkylation sites (N-methyl/N-ethyl adjacent to an activating group) is 2. The van der Waals surface area contributed by atoms with Crippen molar-refractivity contribution in [2.24, 2.45) is 0 Å². The minimum absolute atomic E-state index is 0.347. The Hall–Kier alpha value is 0.639. The summed E-state index contributed by atoms with van der Waals surface area (Å²) in [6.07, 6.45) is 0. The Morgan fingerprint density at radius 3 is 1.80 bits per heavy atom. The first kappa shape index (κ1) is 12.1. The standard InChI is InChI=1S/2C5H11N2.Sn/c2*1-7-4-2-6-3-5-7;/h2*4,6H,2-3,5H2,1H3;. The Balaban J connectivity index is 1.83. The van der Waals surface area contributed by atoms with Crippen LogP contribution in [0.15, 0.2) is 0 Å². The predicted molar refractivity (Wildman–Crippen MR) is 64.3 cm³/mol. The molecule has 0 aromatic heterocycles. The Bertz CT molecular complexity index is 182. The van der Waals surface area contributed by atoms with E-state index in [4.69, 9.17) is 0 Å². The van der Waals surface area contributed by atoms with Crippen molar-refractivity contribution in [2.45, 2.75) is 8.12 Å². The average molecular weight is 317 g/mol. The first-order chi connectivity index (χ1) is 7.27. The van der Waals surface area contributed by atoms with E-state index in [1.54, 1.807) is 0 Å². The SMILES string of the molecule is CN1CCNC[CH]1[Sn][CH]1CNCCN1C. The molecule has 2 aliphatic rings. The van der Waals surface area contributed by atoms with Crippen molar-refractivity contribution in [2.75, 3.05) is 53.4 Å². The molecule has 2 rings (SSSR count). The van der Waals surface area contributed by atoms with Crippen LogP contribution in [0.25, 0.3) is 0 Å². The third-order valence-electron chi connectivity index (χ3n) is 3.41. The van der Waals surface area contributed by atoms with E-state index < -0.39 is 0 Å². The van der Waals surface area contributed by atoms with Gasteiger partial charge in [-0.15, -0.1) is 0 Å². The molecule has 2 unspecified atom stereocenters. The molecular weight excluding hydrogens is 295 g/mol. The number of piperazine rings is 2. The average Bonchev–Trinajstić information content (AvgIpc) is 2.24. The fourth-order valence-corrected chi connectivity index (χ4v) is 7.16. The number of nitrogens with zero attached hydrogens (tertiary/aromatic N) is 2. The van der Waals surface area contributed by atoms with Crippen LogP contribution in [0.4, 0.5) is 0 Å². The summed E-state index contributed by atoms with van der Waals surface area (Å²) in [7, 11) is 4.59.